The summed E-state index contributed by atoms with van der Waals surface area (Å²) in [5, 5.41) is 20.7. The number of allylic oxidation sites excluding steroid dienone is 30. The van der Waals surface area contributed by atoms with Crippen LogP contribution in [0.3, 0.4) is 0 Å². The molecule has 115 heavy (non-hydrogen) atoms. The fourth-order valence-electron chi connectivity index (χ4n) is 11.8. The fraction of sp³-hybridized carbons (Fsp3) is 0.660. The highest BCUT2D eigenvalue weighted by Gasteiger charge is 2.29. The first kappa shape index (κ1) is 110. The van der Waals surface area contributed by atoms with Crippen LogP contribution < -0.4 is 0 Å². The number of aliphatic hydroxyl groups excluding tert-OH is 2. The number of carbonyl (C=O) groups excluding carboxylic acids is 3. The second kappa shape index (κ2) is 87.9. The molecule has 0 radical (unpaired) electrons. The zero-order chi connectivity index (χ0) is 83.6. The molecule has 0 heterocycles. The highest BCUT2D eigenvalue weighted by molar-refractivity contribution is 7.47. The Hall–Kier alpha value is -5.35. The Bertz CT molecular complexity index is 2820. The van der Waals surface area contributed by atoms with Crippen molar-refractivity contribution in [3.8, 4) is 0 Å². The van der Waals surface area contributed by atoms with Crippen molar-refractivity contribution in [3.05, 3.63) is 182 Å². The average Bonchev–Trinajstić information content (AvgIpc) is 0.900. The summed E-state index contributed by atoms with van der Waals surface area (Å²) in [6.45, 7) is 2.38. The number of esters is 3. The van der Waals surface area contributed by atoms with E-state index < -0.39 is 91.5 Å². The molecule has 5 atom stereocenters. The predicted molar refractivity (Wildman–Crippen MR) is 481 cm³/mol. The first-order valence-electron chi connectivity index (χ1n) is 45.1. The van der Waals surface area contributed by atoms with Gasteiger partial charge in [0.25, 0.3) is 0 Å². The van der Waals surface area contributed by atoms with Crippen LogP contribution in [0.2, 0.25) is 0 Å². The SMILES string of the molecule is CC/C=C\C/C=C\C/C=C\C/C=C\C/C=C\C/C=C\CCCCC(=O)OC(COC(=O)CCCCCCCCC/C=C\C/C=C\C/C=C\C/C=C\CCCCC)COP(=O)(O)OCC(O)COP(=O)(O)OCC(O)COC(=O)CCCCCCCCCCCCCCCCCCCCC/C=C\C/C=C\C/C=C\C/C=C\C/C=C\CC. The molecule has 0 aromatic heterocycles. The Balaban J connectivity index is 4.56. The number of phosphoric ester groups is 2. The quantitative estimate of drug-likeness (QED) is 0.0146. The molecule has 4 N–H and O–H groups in total. The normalized spacial score (nSPS) is 14.7. The number of carbonyl (C=O) groups is 3. The van der Waals surface area contributed by atoms with E-state index in [-0.39, 0.29) is 19.3 Å². The van der Waals surface area contributed by atoms with Crippen LogP contribution in [-0.4, -0.2) is 95.9 Å². The Labute approximate surface area is 700 Å². The summed E-state index contributed by atoms with van der Waals surface area (Å²) in [5.74, 6) is -1.64. The van der Waals surface area contributed by atoms with Gasteiger partial charge in [0.2, 0.25) is 0 Å². The van der Waals surface area contributed by atoms with Gasteiger partial charge in [-0.05, 0) is 161 Å². The van der Waals surface area contributed by atoms with Gasteiger partial charge in [0.15, 0.2) is 6.10 Å². The van der Waals surface area contributed by atoms with Crippen LogP contribution in [0.25, 0.3) is 0 Å². The maximum atomic E-state index is 13.0. The third kappa shape index (κ3) is 89.3. The molecule has 0 amide bonds. The van der Waals surface area contributed by atoms with Crippen molar-refractivity contribution in [2.75, 3.05) is 39.6 Å². The summed E-state index contributed by atoms with van der Waals surface area (Å²) in [5.41, 5.74) is 0. The summed E-state index contributed by atoms with van der Waals surface area (Å²) in [6, 6.07) is 0. The van der Waals surface area contributed by atoms with E-state index in [1.54, 1.807) is 0 Å². The number of hydrogen-bond acceptors (Lipinski definition) is 14. The van der Waals surface area contributed by atoms with E-state index in [2.05, 4.69) is 203 Å². The number of phosphoric acid groups is 2. The van der Waals surface area contributed by atoms with Crippen LogP contribution in [0, 0.1) is 0 Å². The van der Waals surface area contributed by atoms with Gasteiger partial charge in [0, 0.05) is 19.3 Å². The van der Waals surface area contributed by atoms with Crippen molar-refractivity contribution >= 4 is 33.6 Å². The third-order valence-corrected chi connectivity index (χ3v) is 20.5. The third-order valence-electron chi connectivity index (χ3n) is 18.6. The maximum absolute atomic E-state index is 13.0. The van der Waals surface area contributed by atoms with Gasteiger partial charge >= 0.3 is 33.6 Å². The van der Waals surface area contributed by atoms with E-state index >= 15 is 0 Å². The van der Waals surface area contributed by atoms with Gasteiger partial charge in [-0.15, -0.1) is 0 Å². The number of hydrogen-bond donors (Lipinski definition) is 4. The van der Waals surface area contributed by atoms with Gasteiger partial charge < -0.3 is 34.2 Å². The van der Waals surface area contributed by atoms with Crippen molar-refractivity contribution in [1.82, 2.24) is 0 Å². The Morgan fingerprint density at radius 2 is 0.461 bits per heavy atom. The molecular formula is C97H162O16P2. The summed E-state index contributed by atoms with van der Waals surface area (Å²) >= 11 is 0. The summed E-state index contributed by atoms with van der Waals surface area (Å²) in [7, 11) is -9.83. The molecule has 0 spiro atoms. The lowest BCUT2D eigenvalue weighted by atomic mass is 10.0. The van der Waals surface area contributed by atoms with Crippen LogP contribution in [-0.2, 0) is 55.8 Å². The van der Waals surface area contributed by atoms with Crippen molar-refractivity contribution in [2.24, 2.45) is 0 Å². The van der Waals surface area contributed by atoms with Crippen LogP contribution in [0.1, 0.15) is 355 Å². The van der Waals surface area contributed by atoms with Gasteiger partial charge in [0.1, 0.15) is 25.4 Å². The number of aliphatic hydroxyl groups is 2. The minimum atomic E-state index is -4.96. The molecule has 16 nitrogen and oxygen atoms in total. The topological polar surface area (TPSA) is 231 Å². The molecule has 0 bridgehead atoms. The maximum Gasteiger partial charge on any atom is 0.472 e. The first-order valence-corrected chi connectivity index (χ1v) is 48.1. The molecule has 0 aliphatic carbocycles. The Morgan fingerprint density at radius 1 is 0.252 bits per heavy atom. The van der Waals surface area contributed by atoms with Gasteiger partial charge in [-0.1, -0.05) is 357 Å². The molecule has 0 aliphatic rings. The standard InChI is InChI=1S/C97H162O16P2/c1-4-7-10-13-16-19-22-25-28-31-34-37-39-40-41-42-43-44-45-46-47-48-49-50-52-55-56-59-62-65-68-71-74-77-80-83-95(100)107-86-92(98)87-109-114(103,104)110-88-93(99)89-111-115(105,106)112-91-94(113-97(102)85-82-79-76-73-70-67-64-61-58-53-36-33-30-27-24-21-18-15-12-9-6-3)90-108-96(101)84-81-78-75-72-69-66-63-60-57-54-51-38-35-32-29-26-23-20-17-14-11-8-5-2/h7,9-10,12,16-21,25-30,34-38,40-41,53-54,57,61,64,70,73,92-94,98-99H,4-6,8,11,13-15,22-24,31-33,39,42-52,55-56,58-60,62-63,65-69,71-72,74-91H2,1-3H3,(H,103,104)(H,105,106)/b10-7-,12-9-,19-16-,20-17-,21-18-,28-25-,29-26-,30-27-,37-34-,38-35-,41-40-,53-36-,57-54-,64-61-,73-70-. The van der Waals surface area contributed by atoms with Crippen LogP contribution >= 0.6 is 15.6 Å². The van der Waals surface area contributed by atoms with Crippen molar-refractivity contribution in [3.63, 3.8) is 0 Å². The largest absolute Gasteiger partial charge is 0.472 e. The smallest absolute Gasteiger partial charge is 0.463 e. The van der Waals surface area contributed by atoms with E-state index in [1.165, 1.54) is 128 Å². The second-order valence-electron chi connectivity index (χ2n) is 29.6. The lowest BCUT2D eigenvalue weighted by Gasteiger charge is -2.21. The fourth-order valence-corrected chi connectivity index (χ4v) is 13.4. The van der Waals surface area contributed by atoms with Crippen LogP contribution in [0.15, 0.2) is 182 Å². The molecule has 0 saturated heterocycles. The van der Waals surface area contributed by atoms with Crippen LogP contribution in [0.4, 0.5) is 0 Å². The average molecular weight is 1650 g/mol. The van der Waals surface area contributed by atoms with E-state index in [9.17, 15) is 43.5 Å². The van der Waals surface area contributed by atoms with Gasteiger partial charge in [-0.3, -0.25) is 32.5 Å². The van der Waals surface area contributed by atoms with Gasteiger partial charge in [0.05, 0.1) is 26.4 Å². The first-order chi connectivity index (χ1) is 56.2. The highest BCUT2D eigenvalue weighted by atomic mass is 31.2. The van der Waals surface area contributed by atoms with Gasteiger partial charge in [-0.25, -0.2) is 9.13 Å². The number of rotatable bonds is 84. The van der Waals surface area contributed by atoms with Crippen LogP contribution in [0.5, 0.6) is 0 Å². The van der Waals surface area contributed by atoms with E-state index in [1.807, 2.05) is 0 Å². The molecule has 0 aromatic rings. The molecule has 0 aliphatic heterocycles. The number of ether oxygens (including phenoxy) is 3. The Morgan fingerprint density at radius 3 is 0.748 bits per heavy atom. The molecule has 0 aromatic carbocycles. The molecule has 18 heteroatoms. The monoisotopic (exact) mass is 1650 g/mol. The minimum Gasteiger partial charge on any atom is -0.463 e. The minimum absolute atomic E-state index is 0.0411. The second-order valence-corrected chi connectivity index (χ2v) is 32.5. The summed E-state index contributed by atoms with van der Waals surface area (Å²) < 4.78 is 61.3. The summed E-state index contributed by atoms with van der Waals surface area (Å²) in [4.78, 5) is 58.9. The highest BCUT2D eigenvalue weighted by Crippen LogP contribution is 2.45. The van der Waals surface area contributed by atoms with Crippen molar-refractivity contribution < 1.29 is 75.8 Å². The zero-order valence-corrected chi connectivity index (χ0v) is 73.9. The lowest BCUT2D eigenvalue weighted by Crippen LogP contribution is -2.30. The lowest BCUT2D eigenvalue weighted by molar-refractivity contribution is -0.161. The van der Waals surface area contributed by atoms with E-state index in [4.69, 9.17) is 32.3 Å². The van der Waals surface area contributed by atoms with E-state index in [0.717, 1.165) is 161 Å². The van der Waals surface area contributed by atoms with Gasteiger partial charge in [-0.2, -0.15) is 0 Å². The van der Waals surface area contributed by atoms with Crippen molar-refractivity contribution in [2.45, 2.75) is 373 Å². The molecule has 0 rings (SSSR count). The zero-order valence-electron chi connectivity index (χ0n) is 72.1. The number of unbranched alkanes of at least 4 members (excludes halogenated alkanes) is 31. The molecule has 0 saturated carbocycles. The molecule has 0 fully saturated rings. The van der Waals surface area contributed by atoms with E-state index in [0.29, 0.717) is 25.7 Å². The molecular weight excluding hydrogens is 1480 g/mol. The molecule has 656 valence electrons. The predicted octanol–water partition coefficient (Wildman–Crippen LogP) is 27.7. The molecule has 5 unspecified atom stereocenters. The summed E-state index contributed by atoms with van der Waals surface area (Å²) in [6.07, 6.45) is 115. The Kier molecular flexibility index (Phi) is 83.9. The van der Waals surface area contributed by atoms with Crippen molar-refractivity contribution in [1.29, 1.82) is 0 Å².